The first-order chi connectivity index (χ1) is 9.30. The maximum Gasteiger partial charge on any atom is 0.271 e. The van der Waals surface area contributed by atoms with E-state index in [-0.39, 0.29) is 17.5 Å². The molecule has 3 rings (SSSR count). The molecule has 0 bridgehead atoms. The highest BCUT2D eigenvalue weighted by atomic mass is 32.2. The van der Waals surface area contributed by atoms with Gasteiger partial charge in [-0.1, -0.05) is 0 Å². The van der Waals surface area contributed by atoms with Gasteiger partial charge in [0, 0.05) is 19.3 Å². The van der Waals surface area contributed by atoms with Gasteiger partial charge in [-0.05, 0) is 19.3 Å². The van der Waals surface area contributed by atoms with Gasteiger partial charge in [-0.25, -0.2) is 13.4 Å². The summed E-state index contributed by atoms with van der Waals surface area (Å²) in [6.45, 7) is 2.63. The number of nitrogens with one attached hydrogen (secondary N) is 1. The van der Waals surface area contributed by atoms with E-state index in [0.717, 1.165) is 12.1 Å². The summed E-state index contributed by atoms with van der Waals surface area (Å²) in [6.07, 6.45) is 4.99. The Morgan fingerprint density at radius 2 is 2.20 bits per heavy atom. The molecule has 8 heteroatoms. The molecule has 1 N–H and O–H groups in total. The van der Waals surface area contributed by atoms with Crippen LogP contribution >= 0.6 is 0 Å². The van der Waals surface area contributed by atoms with Gasteiger partial charge in [-0.2, -0.15) is 4.31 Å². The lowest BCUT2D eigenvalue weighted by Gasteiger charge is -2.19. The van der Waals surface area contributed by atoms with E-state index in [2.05, 4.69) is 15.3 Å². The zero-order chi connectivity index (χ0) is 14.5. The van der Waals surface area contributed by atoms with Crippen molar-refractivity contribution in [2.45, 2.75) is 18.9 Å². The number of aryl methyl sites for hydroxylation is 1. The molecular formula is C12H16N4O3S. The molecule has 0 spiro atoms. The standard InChI is InChI=1S/C12H16N4O3S/c1-8-4-14-10(5-13-8)11(17)15-12-3-9(12)6-16(7-12)20(2,18)19/h4-5,9H,3,6-7H2,1-2H3,(H,15,17)/t9-,12-/m1/s1. The van der Waals surface area contributed by atoms with E-state index in [9.17, 15) is 13.2 Å². The largest absolute Gasteiger partial charge is 0.344 e. The molecule has 1 saturated heterocycles. The molecule has 0 radical (unpaired) electrons. The lowest BCUT2D eigenvalue weighted by atomic mass is 10.2. The zero-order valence-electron chi connectivity index (χ0n) is 11.3. The van der Waals surface area contributed by atoms with Crippen LogP contribution in [0, 0.1) is 12.8 Å². The van der Waals surface area contributed by atoms with E-state index in [4.69, 9.17) is 0 Å². The average Bonchev–Trinajstić information content (AvgIpc) is 2.89. The molecule has 2 aliphatic rings. The van der Waals surface area contributed by atoms with Gasteiger partial charge in [0.25, 0.3) is 5.91 Å². The van der Waals surface area contributed by atoms with Gasteiger partial charge in [0.2, 0.25) is 10.0 Å². The van der Waals surface area contributed by atoms with Gasteiger partial charge < -0.3 is 5.32 Å². The van der Waals surface area contributed by atoms with Crippen molar-refractivity contribution in [2.75, 3.05) is 19.3 Å². The van der Waals surface area contributed by atoms with Gasteiger partial charge >= 0.3 is 0 Å². The Kier molecular flexibility index (Phi) is 2.84. The predicted molar refractivity (Wildman–Crippen MR) is 71.5 cm³/mol. The van der Waals surface area contributed by atoms with Gasteiger partial charge in [0.15, 0.2) is 0 Å². The van der Waals surface area contributed by atoms with Crippen molar-refractivity contribution in [3.05, 3.63) is 23.8 Å². The average molecular weight is 296 g/mol. The van der Waals surface area contributed by atoms with E-state index in [1.54, 1.807) is 6.92 Å². The fraction of sp³-hybridized carbons (Fsp3) is 0.583. The summed E-state index contributed by atoms with van der Waals surface area (Å²) in [7, 11) is -3.20. The molecule has 1 aliphatic carbocycles. The number of hydrogen-bond donors (Lipinski definition) is 1. The van der Waals surface area contributed by atoms with Crippen LogP contribution in [0.15, 0.2) is 12.4 Å². The van der Waals surface area contributed by atoms with Crippen LogP contribution in [0.1, 0.15) is 22.6 Å². The summed E-state index contributed by atoms with van der Waals surface area (Å²) in [5, 5.41) is 2.92. The number of hydrogen-bond acceptors (Lipinski definition) is 5. The number of amides is 1. The normalized spacial score (nSPS) is 29.0. The second-order valence-electron chi connectivity index (χ2n) is 5.61. The third-order valence-corrected chi connectivity index (χ3v) is 5.18. The number of carbonyl (C=O) groups excluding carboxylic acids is 1. The molecule has 2 atom stereocenters. The van der Waals surface area contributed by atoms with Crippen molar-refractivity contribution in [1.29, 1.82) is 0 Å². The lowest BCUT2D eigenvalue weighted by molar-refractivity contribution is 0.0924. The highest BCUT2D eigenvalue weighted by Crippen LogP contribution is 2.50. The molecule has 2 heterocycles. The Bertz CT molecular complexity index is 658. The lowest BCUT2D eigenvalue weighted by Crippen LogP contribution is -2.43. The van der Waals surface area contributed by atoms with Gasteiger partial charge in [-0.15, -0.1) is 0 Å². The first-order valence-corrected chi connectivity index (χ1v) is 8.21. The minimum Gasteiger partial charge on any atom is -0.344 e. The third-order valence-electron chi connectivity index (χ3n) is 3.96. The highest BCUT2D eigenvalue weighted by Gasteiger charge is 2.62. The molecular weight excluding hydrogens is 280 g/mol. The van der Waals surface area contributed by atoms with Crippen LogP contribution in [-0.4, -0.2) is 53.5 Å². The topological polar surface area (TPSA) is 92.3 Å². The predicted octanol–water partition coefficient (Wildman–Crippen LogP) is -0.451. The number of carbonyl (C=O) groups is 1. The number of aromatic nitrogens is 2. The van der Waals surface area contributed by atoms with Crippen LogP contribution < -0.4 is 5.32 Å². The summed E-state index contributed by atoms with van der Waals surface area (Å²) >= 11 is 0. The van der Waals surface area contributed by atoms with Crippen LogP contribution in [-0.2, 0) is 10.0 Å². The summed E-state index contributed by atoms with van der Waals surface area (Å²) in [6, 6.07) is 0. The smallest absolute Gasteiger partial charge is 0.271 e. The molecule has 7 nitrogen and oxygen atoms in total. The Hall–Kier alpha value is -1.54. The maximum atomic E-state index is 12.1. The minimum atomic E-state index is -3.20. The second kappa shape index (κ2) is 4.23. The molecule has 20 heavy (non-hydrogen) atoms. The van der Waals surface area contributed by atoms with E-state index < -0.39 is 15.6 Å². The van der Waals surface area contributed by atoms with Gasteiger partial charge in [0.05, 0.1) is 23.7 Å². The molecule has 1 aromatic heterocycles. The number of rotatable bonds is 3. The van der Waals surface area contributed by atoms with E-state index in [1.165, 1.54) is 23.0 Å². The molecule has 1 saturated carbocycles. The molecule has 0 unspecified atom stereocenters. The van der Waals surface area contributed by atoms with Crippen molar-refractivity contribution < 1.29 is 13.2 Å². The van der Waals surface area contributed by atoms with Crippen LogP contribution in [0.25, 0.3) is 0 Å². The fourth-order valence-electron chi connectivity index (χ4n) is 2.68. The fourth-order valence-corrected chi connectivity index (χ4v) is 3.60. The van der Waals surface area contributed by atoms with Crippen LogP contribution in [0.4, 0.5) is 0 Å². The summed E-state index contributed by atoms with van der Waals surface area (Å²) < 4.78 is 24.5. The van der Waals surface area contributed by atoms with E-state index in [0.29, 0.717) is 13.1 Å². The Morgan fingerprint density at radius 3 is 2.75 bits per heavy atom. The monoisotopic (exact) mass is 296 g/mol. The van der Waals surface area contributed by atoms with Crippen molar-refractivity contribution >= 4 is 15.9 Å². The quantitative estimate of drug-likeness (QED) is 0.815. The Balaban J connectivity index is 1.70. The number of nitrogens with zero attached hydrogens (tertiary/aromatic N) is 3. The number of fused-ring (bicyclic) bond motifs is 1. The van der Waals surface area contributed by atoms with Crippen molar-refractivity contribution in [3.63, 3.8) is 0 Å². The molecule has 1 aromatic rings. The van der Waals surface area contributed by atoms with Gasteiger partial charge in [0.1, 0.15) is 5.69 Å². The summed E-state index contributed by atoms with van der Waals surface area (Å²) in [5.41, 5.74) is 0.591. The van der Waals surface area contributed by atoms with Crippen LogP contribution in [0.3, 0.4) is 0 Å². The molecule has 0 aromatic carbocycles. The first kappa shape index (κ1) is 13.4. The Morgan fingerprint density at radius 1 is 1.45 bits per heavy atom. The maximum absolute atomic E-state index is 12.1. The van der Waals surface area contributed by atoms with E-state index in [1.807, 2.05) is 0 Å². The Labute approximate surface area is 117 Å². The van der Waals surface area contributed by atoms with Crippen LogP contribution in [0.2, 0.25) is 0 Å². The van der Waals surface area contributed by atoms with Crippen molar-refractivity contribution in [3.8, 4) is 0 Å². The second-order valence-corrected chi connectivity index (χ2v) is 7.59. The SMILES string of the molecule is Cc1cnc(C(=O)N[C@@]23C[C@@H]2CN(S(C)(=O)=O)C3)cn1. The van der Waals surface area contributed by atoms with Crippen molar-refractivity contribution in [1.82, 2.24) is 19.6 Å². The summed E-state index contributed by atoms with van der Waals surface area (Å²) in [4.78, 5) is 20.2. The third kappa shape index (κ3) is 2.29. The molecule has 108 valence electrons. The molecule has 1 amide bonds. The first-order valence-electron chi connectivity index (χ1n) is 6.36. The minimum absolute atomic E-state index is 0.208. The zero-order valence-corrected chi connectivity index (χ0v) is 12.1. The van der Waals surface area contributed by atoms with Gasteiger partial charge in [-0.3, -0.25) is 9.78 Å². The molecule has 2 fully saturated rings. The highest BCUT2D eigenvalue weighted by molar-refractivity contribution is 7.88. The van der Waals surface area contributed by atoms with Crippen LogP contribution in [0.5, 0.6) is 0 Å². The number of sulfonamides is 1. The number of piperidine rings is 1. The summed E-state index contributed by atoms with van der Waals surface area (Å²) in [5.74, 6) is -0.0880. The molecule has 1 aliphatic heterocycles. The van der Waals surface area contributed by atoms with Crippen molar-refractivity contribution in [2.24, 2.45) is 5.92 Å². The van der Waals surface area contributed by atoms with E-state index >= 15 is 0 Å².